The zero-order chi connectivity index (χ0) is 17.2. The highest BCUT2D eigenvalue weighted by atomic mass is 16.6. The van der Waals surface area contributed by atoms with E-state index >= 15 is 0 Å². The Bertz CT molecular complexity index is 609. The van der Waals surface area contributed by atoms with Gasteiger partial charge in [-0.3, -0.25) is 9.69 Å². The molecule has 5 nitrogen and oxygen atoms in total. The fraction of sp³-hybridized carbons (Fsp3) is 0.529. The van der Waals surface area contributed by atoms with Crippen molar-refractivity contribution in [2.75, 3.05) is 18.6 Å². The second-order valence-electron chi connectivity index (χ2n) is 6.96. The van der Waals surface area contributed by atoms with E-state index in [1.807, 2.05) is 40.8 Å². The van der Waals surface area contributed by atoms with Gasteiger partial charge >= 0.3 is 12.1 Å². The topological polar surface area (TPSA) is 55.8 Å². The van der Waals surface area contributed by atoms with Crippen LogP contribution in [0, 0.1) is 0 Å². The molecular weight excluding hydrogens is 293 g/mol. The summed E-state index contributed by atoms with van der Waals surface area (Å²) in [5, 5.41) is 0. The molecule has 0 aromatic heterocycles. The molecule has 1 aromatic rings. The third-order valence-corrected chi connectivity index (χ3v) is 3.86. The van der Waals surface area contributed by atoms with E-state index in [-0.39, 0.29) is 18.0 Å². The number of hydrogen-bond acceptors (Lipinski definition) is 4. The van der Waals surface area contributed by atoms with Gasteiger partial charge in [0, 0.05) is 18.9 Å². The van der Waals surface area contributed by atoms with Crippen molar-refractivity contribution in [2.45, 2.75) is 45.1 Å². The number of hydrogen-bond donors (Lipinski definition) is 0. The van der Waals surface area contributed by atoms with Crippen LogP contribution in [0.5, 0.6) is 0 Å². The quantitative estimate of drug-likeness (QED) is 0.629. The normalized spacial score (nSPS) is 16.9. The molecule has 0 radical (unpaired) electrons. The van der Waals surface area contributed by atoms with Crippen molar-refractivity contribution in [2.24, 2.45) is 0 Å². The van der Waals surface area contributed by atoms with Crippen LogP contribution in [-0.2, 0) is 14.3 Å². The number of methoxy groups -OCH3 is 1. The highest BCUT2D eigenvalue weighted by Gasteiger charge is 2.34. The molecule has 0 bridgehead atoms. The van der Waals surface area contributed by atoms with E-state index in [4.69, 9.17) is 9.47 Å². The summed E-state index contributed by atoms with van der Waals surface area (Å²) in [6, 6.07) is 6.02. The number of esters is 1. The van der Waals surface area contributed by atoms with Gasteiger partial charge in [-0.05, 0) is 38.8 Å². The first-order valence-corrected chi connectivity index (χ1v) is 7.89. The van der Waals surface area contributed by atoms with Crippen LogP contribution in [0.4, 0.5) is 10.5 Å². The highest BCUT2D eigenvalue weighted by Crippen LogP contribution is 2.38. The number of carbonyl (C=O) groups excluding carboxylic acids is 2. The summed E-state index contributed by atoms with van der Waals surface area (Å²) in [7, 11) is 3.41. The number of anilines is 1. The predicted octanol–water partition coefficient (Wildman–Crippen LogP) is 1.74. The number of rotatable bonds is 3. The Balaban J connectivity index is 2.21. The monoisotopic (exact) mass is 317 g/mol. The Labute approximate surface area is 138 Å². The van der Waals surface area contributed by atoms with E-state index in [0.717, 1.165) is 16.7 Å². The summed E-state index contributed by atoms with van der Waals surface area (Å²) in [4.78, 5) is 25.6. The Hall–Kier alpha value is -1.98. The van der Waals surface area contributed by atoms with E-state index in [0.29, 0.717) is 19.4 Å². The van der Waals surface area contributed by atoms with E-state index in [1.165, 1.54) is 7.11 Å². The summed E-state index contributed by atoms with van der Waals surface area (Å²) in [5.41, 5.74) is 2.57. The minimum Gasteiger partial charge on any atom is -0.469 e. The number of carbonyl (C=O) groups is 2. The zero-order valence-electron chi connectivity index (χ0n) is 14.5. The van der Waals surface area contributed by atoms with Crippen LogP contribution in [-0.4, -0.2) is 39.2 Å². The van der Waals surface area contributed by atoms with Gasteiger partial charge in [0.05, 0.1) is 12.8 Å². The van der Waals surface area contributed by atoms with Gasteiger partial charge in [0.25, 0.3) is 0 Å². The molecule has 124 valence electrons. The van der Waals surface area contributed by atoms with Crippen LogP contribution in [0.1, 0.15) is 45.1 Å². The van der Waals surface area contributed by atoms with Crippen molar-refractivity contribution in [1.29, 1.82) is 0 Å². The van der Waals surface area contributed by atoms with Gasteiger partial charge in [0.2, 0.25) is 0 Å². The van der Waals surface area contributed by atoms with Gasteiger partial charge < -0.3 is 9.47 Å². The number of benzene rings is 1. The molecule has 2 rings (SSSR count). The molecule has 1 aromatic carbocycles. The van der Waals surface area contributed by atoms with Crippen LogP contribution in [0.15, 0.2) is 18.2 Å². The predicted molar refractivity (Wildman–Crippen MR) is 92.2 cm³/mol. The Morgan fingerprint density at radius 1 is 1.35 bits per heavy atom. The minimum absolute atomic E-state index is 0.122. The molecule has 1 aliphatic rings. The van der Waals surface area contributed by atoms with E-state index in [9.17, 15) is 9.59 Å². The molecule has 23 heavy (non-hydrogen) atoms. The van der Waals surface area contributed by atoms with E-state index < -0.39 is 5.60 Å². The molecule has 1 aliphatic heterocycles. The number of nitrogens with zero attached hydrogens (tertiary/aromatic N) is 1. The second-order valence-corrected chi connectivity index (χ2v) is 6.96. The van der Waals surface area contributed by atoms with E-state index in [1.54, 1.807) is 4.90 Å². The molecule has 6 heteroatoms. The molecule has 1 unspecified atom stereocenters. The molecule has 1 atom stereocenters. The largest absolute Gasteiger partial charge is 0.469 e. The van der Waals surface area contributed by atoms with Gasteiger partial charge in [-0.2, -0.15) is 0 Å². The van der Waals surface area contributed by atoms with Gasteiger partial charge in [-0.25, -0.2) is 4.79 Å². The van der Waals surface area contributed by atoms with Crippen LogP contribution < -0.4 is 10.4 Å². The third kappa shape index (κ3) is 4.27. The molecule has 0 saturated heterocycles. The van der Waals surface area contributed by atoms with Crippen molar-refractivity contribution in [3.63, 3.8) is 0 Å². The molecule has 0 saturated carbocycles. The van der Waals surface area contributed by atoms with Gasteiger partial charge in [0.1, 0.15) is 13.4 Å². The second kappa shape index (κ2) is 6.65. The Kier molecular flexibility index (Phi) is 5.02. The molecule has 1 amide bonds. The SMILES string of the molecule is Bc1ccc2c(c1)C(CCC(=O)OC)CN2C(=O)OC(C)(C)C. The summed E-state index contributed by atoms with van der Waals surface area (Å²) < 4.78 is 10.2. The van der Waals surface area contributed by atoms with Crippen molar-refractivity contribution >= 4 is 31.1 Å². The molecule has 1 heterocycles. The standard InChI is InChI=1S/C17H24BNO4/c1-17(2,3)23-16(21)19-10-11(5-8-15(20)22-4)13-9-12(18)6-7-14(13)19/h6-7,9,11H,5,8,10,18H2,1-4H3. The maximum atomic E-state index is 12.5. The molecule has 0 aliphatic carbocycles. The fourth-order valence-electron chi connectivity index (χ4n) is 2.79. The number of fused-ring (bicyclic) bond motifs is 1. The highest BCUT2D eigenvalue weighted by molar-refractivity contribution is 6.32. The third-order valence-electron chi connectivity index (χ3n) is 3.86. The van der Waals surface area contributed by atoms with Crippen molar-refractivity contribution in [3.05, 3.63) is 23.8 Å². The number of amides is 1. The smallest absolute Gasteiger partial charge is 0.414 e. The van der Waals surface area contributed by atoms with E-state index in [2.05, 4.69) is 6.07 Å². The molecule has 0 fully saturated rings. The average Bonchev–Trinajstić information content (AvgIpc) is 2.81. The fourth-order valence-corrected chi connectivity index (χ4v) is 2.79. The summed E-state index contributed by atoms with van der Waals surface area (Å²) >= 11 is 0. The lowest BCUT2D eigenvalue weighted by Crippen LogP contribution is -2.36. The van der Waals surface area contributed by atoms with Gasteiger partial charge in [0.15, 0.2) is 0 Å². The van der Waals surface area contributed by atoms with Crippen LogP contribution in [0.2, 0.25) is 0 Å². The summed E-state index contributed by atoms with van der Waals surface area (Å²) in [6.07, 6.45) is 0.655. The van der Waals surface area contributed by atoms with Crippen molar-refractivity contribution in [3.8, 4) is 0 Å². The summed E-state index contributed by atoms with van der Waals surface area (Å²) in [6.45, 7) is 6.09. The Morgan fingerprint density at radius 2 is 2.04 bits per heavy atom. The molecule has 0 N–H and O–H groups in total. The number of ether oxygens (including phenoxy) is 2. The lowest BCUT2D eigenvalue weighted by Gasteiger charge is -2.25. The maximum Gasteiger partial charge on any atom is 0.414 e. The molecule has 0 spiro atoms. The maximum absolute atomic E-state index is 12.5. The molecular formula is C17H24BNO4. The van der Waals surface area contributed by atoms with Crippen LogP contribution in [0.25, 0.3) is 0 Å². The first-order valence-electron chi connectivity index (χ1n) is 7.89. The van der Waals surface area contributed by atoms with Gasteiger partial charge in [-0.15, -0.1) is 0 Å². The van der Waals surface area contributed by atoms with Crippen LogP contribution >= 0.6 is 0 Å². The average molecular weight is 317 g/mol. The van der Waals surface area contributed by atoms with Gasteiger partial charge in [-0.1, -0.05) is 17.6 Å². The zero-order valence-corrected chi connectivity index (χ0v) is 14.5. The van der Waals surface area contributed by atoms with Crippen molar-refractivity contribution in [1.82, 2.24) is 0 Å². The van der Waals surface area contributed by atoms with Crippen LogP contribution in [0.3, 0.4) is 0 Å². The summed E-state index contributed by atoms with van der Waals surface area (Å²) in [5.74, 6) is -0.105. The Morgan fingerprint density at radius 3 is 2.65 bits per heavy atom. The van der Waals surface area contributed by atoms with Crippen molar-refractivity contribution < 1.29 is 19.1 Å². The lowest BCUT2D eigenvalue weighted by atomic mass is 9.89. The first-order chi connectivity index (χ1) is 10.7. The first kappa shape index (κ1) is 17.4. The minimum atomic E-state index is -0.536. The lowest BCUT2D eigenvalue weighted by molar-refractivity contribution is -0.140.